The van der Waals surface area contributed by atoms with Gasteiger partial charge in [0.05, 0.1) is 11.9 Å². The van der Waals surface area contributed by atoms with Crippen molar-refractivity contribution in [1.82, 2.24) is 4.98 Å². The first-order valence-electron chi connectivity index (χ1n) is 7.47. The molecule has 2 N–H and O–H groups in total. The fourth-order valence-electron chi connectivity index (χ4n) is 3.54. The van der Waals surface area contributed by atoms with E-state index in [1.165, 1.54) is 27.9 Å². The molecule has 108 valence electrons. The lowest BCUT2D eigenvalue weighted by Crippen LogP contribution is -2.23. The molecule has 21 heavy (non-hydrogen) atoms. The van der Waals surface area contributed by atoms with Gasteiger partial charge >= 0.3 is 0 Å². The number of hydrogen-bond acceptors (Lipinski definition) is 3. The van der Waals surface area contributed by atoms with Crippen LogP contribution in [0.1, 0.15) is 41.1 Å². The van der Waals surface area contributed by atoms with Crippen molar-refractivity contribution in [3.05, 3.63) is 57.9 Å². The SMILES string of the molecule is NC1CCCc2c1cncc2N1Cc2ccc(Cl)cc2C1. The Balaban J connectivity index is 1.72. The van der Waals surface area contributed by atoms with Crippen molar-refractivity contribution in [3.63, 3.8) is 0 Å². The van der Waals surface area contributed by atoms with Gasteiger partial charge in [-0.1, -0.05) is 17.7 Å². The van der Waals surface area contributed by atoms with Crippen molar-refractivity contribution >= 4 is 17.3 Å². The van der Waals surface area contributed by atoms with Gasteiger partial charge in [-0.3, -0.25) is 4.98 Å². The molecule has 1 unspecified atom stereocenters. The van der Waals surface area contributed by atoms with E-state index in [-0.39, 0.29) is 6.04 Å². The standard InChI is InChI=1S/C17H18ClN3/c18-13-5-4-11-9-21(10-12(11)6-13)17-8-20-7-15-14(17)2-1-3-16(15)19/h4-8,16H,1-3,9-10,19H2. The minimum absolute atomic E-state index is 0.139. The van der Waals surface area contributed by atoms with Crippen LogP contribution in [-0.4, -0.2) is 4.98 Å². The molecule has 1 atom stereocenters. The largest absolute Gasteiger partial charge is 0.361 e. The zero-order chi connectivity index (χ0) is 14.4. The lowest BCUT2D eigenvalue weighted by Gasteiger charge is -2.28. The fourth-order valence-corrected chi connectivity index (χ4v) is 3.74. The van der Waals surface area contributed by atoms with Gasteiger partial charge in [-0.05, 0) is 53.6 Å². The number of aromatic nitrogens is 1. The van der Waals surface area contributed by atoms with Crippen LogP contribution in [0.3, 0.4) is 0 Å². The summed E-state index contributed by atoms with van der Waals surface area (Å²) in [6, 6.07) is 6.32. The molecular weight excluding hydrogens is 282 g/mol. The summed E-state index contributed by atoms with van der Waals surface area (Å²) >= 11 is 6.10. The number of rotatable bonds is 1. The van der Waals surface area contributed by atoms with Crippen molar-refractivity contribution in [2.24, 2.45) is 5.73 Å². The molecule has 0 saturated heterocycles. The van der Waals surface area contributed by atoms with E-state index in [0.717, 1.165) is 37.4 Å². The maximum Gasteiger partial charge on any atom is 0.0594 e. The Morgan fingerprint density at radius 3 is 2.95 bits per heavy atom. The molecule has 3 nitrogen and oxygen atoms in total. The number of pyridine rings is 1. The minimum atomic E-state index is 0.139. The Kier molecular flexibility index (Phi) is 3.12. The Bertz CT molecular complexity index is 698. The molecular formula is C17H18ClN3. The van der Waals surface area contributed by atoms with Crippen molar-refractivity contribution in [2.75, 3.05) is 4.90 Å². The van der Waals surface area contributed by atoms with Gasteiger partial charge in [-0.25, -0.2) is 0 Å². The normalized spacial score (nSPS) is 20.3. The molecule has 2 heterocycles. The summed E-state index contributed by atoms with van der Waals surface area (Å²) in [7, 11) is 0. The van der Waals surface area contributed by atoms with Gasteiger partial charge in [0.15, 0.2) is 0 Å². The van der Waals surface area contributed by atoms with E-state index in [1.807, 2.05) is 18.5 Å². The molecule has 1 aromatic heterocycles. The van der Waals surface area contributed by atoms with Gasteiger partial charge < -0.3 is 10.6 Å². The molecule has 0 spiro atoms. The zero-order valence-electron chi connectivity index (χ0n) is 11.8. The average Bonchev–Trinajstić information content (AvgIpc) is 2.90. The highest BCUT2D eigenvalue weighted by Gasteiger charge is 2.26. The van der Waals surface area contributed by atoms with Crippen LogP contribution in [0, 0.1) is 0 Å². The summed E-state index contributed by atoms with van der Waals surface area (Å²) in [4.78, 5) is 6.82. The molecule has 4 rings (SSSR count). The van der Waals surface area contributed by atoms with E-state index in [1.54, 1.807) is 0 Å². The number of fused-ring (bicyclic) bond motifs is 2. The second kappa shape index (κ2) is 5.00. The van der Waals surface area contributed by atoms with Crippen molar-refractivity contribution in [3.8, 4) is 0 Å². The number of hydrogen-bond donors (Lipinski definition) is 1. The third kappa shape index (κ3) is 2.21. The summed E-state index contributed by atoms with van der Waals surface area (Å²) in [5, 5.41) is 0.811. The van der Waals surface area contributed by atoms with Crippen LogP contribution < -0.4 is 10.6 Å². The quantitative estimate of drug-likeness (QED) is 0.875. The van der Waals surface area contributed by atoms with Gasteiger partial charge in [-0.15, -0.1) is 0 Å². The topological polar surface area (TPSA) is 42.1 Å². The third-order valence-electron chi connectivity index (χ3n) is 4.64. The average molecular weight is 300 g/mol. The lowest BCUT2D eigenvalue weighted by atomic mass is 9.88. The number of anilines is 1. The van der Waals surface area contributed by atoms with Crippen LogP contribution >= 0.6 is 11.6 Å². The highest BCUT2D eigenvalue weighted by Crippen LogP contribution is 2.37. The van der Waals surface area contributed by atoms with Crippen LogP contribution in [0.15, 0.2) is 30.6 Å². The molecule has 1 aliphatic heterocycles. The van der Waals surface area contributed by atoms with Gasteiger partial charge in [0, 0.05) is 30.4 Å². The number of benzene rings is 1. The molecule has 4 heteroatoms. The van der Waals surface area contributed by atoms with Crippen molar-refractivity contribution in [2.45, 2.75) is 38.4 Å². The van der Waals surface area contributed by atoms with Crippen LogP contribution in [0.4, 0.5) is 5.69 Å². The Morgan fingerprint density at radius 2 is 2.05 bits per heavy atom. The van der Waals surface area contributed by atoms with Crippen molar-refractivity contribution in [1.29, 1.82) is 0 Å². The molecule has 1 aromatic carbocycles. The van der Waals surface area contributed by atoms with Crippen LogP contribution in [0.5, 0.6) is 0 Å². The highest BCUT2D eigenvalue weighted by molar-refractivity contribution is 6.30. The summed E-state index contributed by atoms with van der Waals surface area (Å²) in [6.07, 6.45) is 7.27. The van der Waals surface area contributed by atoms with E-state index >= 15 is 0 Å². The molecule has 2 aliphatic rings. The maximum atomic E-state index is 6.24. The van der Waals surface area contributed by atoms with Gasteiger partial charge in [0.2, 0.25) is 0 Å². The Morgan fingerprint density at radius 1 is 1.19 bits per heavy atom. The first-order valence-corrected chi connectivity index (χ1v) is 7.85. The molecule has 0 amide bonds. The van der Waals surface area contributed by atoms with E-state index in [2.05, 4.69) is 22.0 Å². The van der Waals surface area contributed by atoms with Gasteiger partial charge in [0.1, 0.15) is 0 Å². The van der Waals surface area contributed by atoms with Crippen LogP contribution in [0.25, 0.3) is 0 Å². The monoisotopic (exact) mass is 299 g/mol. The third-order valence-corrected chi connectivity index (χ3v) is 4.88. The Hall–Kier alpha value is -1.58. The first-order chi connectivity index (χ1) is 10.2. The number of halogens is 1. The summed E-state index contributed by atoms with van der Waals surface area (Å²) < 4.78 is 0. The first kappa shape index (κ1) is 13.1. The molecule has 1 aliphatic carbocycles. The molecule has 0 radical (unpaired) electrons. The fraction of sp³-hybridized carbons (Fsp3) is 0.353. The van der Waals surface area contributed by atoms with E-state index in [9.17, 15) is 0 Å². The lowest BCUT2D eigenvalue weighted by molar-refractivity contribution is 0.566. The minimum Gasteiger partial charge on any atom is -0.361 e. The molecule has 2 aromatic rings. The van der Waals surface area contributed by atoms with Gasteiger partial charge in [-0.2, -0.15) is 0 Å². The molecule has 0 fully saturated rings. The highest BCUT2D eigenvalue weighted by atomic mass is 35.5. The van der Waals surface area contributed by atoms with E-state index < -0.39 is 0 Å². The van der Waals surface area contributed by atoms with Crippen LogP contribution in [0.2, 0.25) is 5.02 Å². The van der Waals surface area contributed by atoms with E-state index in [0.29, 0.717) is 0 Å². The zero-order valence-corrected chi connectivity index (χ0v) is 12.6. The smallest absolute Gasteiger partial charge is 0.0594 e. The molecule has 0 saturated carbocycles. The van der Waals surface area contributed by atoms with E-state index in [4.69, 9.17) is 17.3 Å². The number of nitrogens with two attached hydrogens (primary N) is 1. The number of nitrogens with zero attached hydrogens (tertiary/aromatic N) is 2. The Labute approximate surface area is 129 Å². The second-order valence-corrected chi connectivity index (χ2v) is 6.43. The van der Waals surface area contributed by atoms with Gasteiger partial charge in [0.25, 0.3) is 0 Å². The van der Waals surface area contributed by atoms with Crippen molar-refractivity contribution < 1.29 is 0 Å². The predicted octanol–water partition coefficient (Wildman–Crippen LogP) is 3.59. The van der Waals surface area contributed by atoms with Crippen LogP contribution in [-0.2, 0) is 19.5 Å². The second-order valence-electron chi connectivity index (χ2n) is 5.99. The maximum absolute atomic E-state index is 6.24. The predicted molar refractivity (Wildman–Crippen MR) is 85.4 cm³/mol. The summed E-state index contributed by atoms with van der Waals surface area (Å²) in [6.45, 7) is 1.84. The summed E-state index contributed by atoms with van der Waals surface area (Å²) in [5.74, 6) is 0. The molecule has 0 bridgehead atoms. The summed E-state index contributed by atoms with van der Waals surface area (Å²) in [5.41, 5.74) is 12.8.